The Bertz CT molecular complexity index is 487. The fourth-order valence-corrected chi connectivity index (χ4v) is 5.45. The maximum Gasteiger partial charge on any atom is 0.0739 e. The Hall–Kier alpha value is -0.210. The minimum atomic E-state index is -5.17. The second-order valence-electron chi connectivity index (χ2n) is 12.7. The molecule has 0 unspecified atom stereocenters. The molecule has 0 aromatic carbocycles. The highest BCUT2D eigenvalue weighted by Crippen LogP contribution is 2.15. The van der Waals surface area contributed by atoms with Crippen molar-refractivity contribution in [3.05, 3.63) is 0 Å². The SMILES string of the molecule is CCCCCCCCCCCCCCCCCC[NH3+].CCCCCCCCCCCCCCCCCC[NH3+].O=S(=O)([O-])[O-]. The summed E-state index contributed by atoms with van der Waals surface area (Å²) in [6.07, 6.45) is 46.4. The molecule has 0 atom stereocenters. The van der Waals surface area contributed by atoms with Gasteiger partial charge in [-0.2, -0.15) is 0 Å². The van der Waals surface area contributed by atoms with Gasteiger partial charge in [0.15, 0.2) is 0 Å². The van der Waals surface area contributed by atoms with Crippen LogP contribution in [0.4, 0.5) is 0 Å². The molecule has 0 bridgehead atoms. The Kier molecular flexibility index (Phi) is 48.2. The number of rotatable bonds is 32. The average molecular weight is 637 g/mol. The highest BCUT2D eigenvalue weighted by atomic mass is 32.3. The Morgan fingerprint density at radius 3 is 0.558 bits per heavy atom. The van der Waals surface area contributed by atoms with Gasteiger partial charge >= 0.3 is 0 Å². The zero-order valence-corrected chi connectivity index (χ0v) is 30.3. The molecule has 7 heteroatoms. The minimum absolute atomic E-state index is 1.12. The molecule has 0 saturated carbocycles. The van der Waals surface area contributed by atoms with Crippen LogP contribution in [0, 0.1) is 0 Å². The van der Waals surface area contributed by atoms with Gasteiger partial charge in [0.05, 0.1) is 13.1 Å². The van der Waals surface area contributed by atoms with Crippen LogP contribution < -0.4 is 11.5 Å². The highest BCUT2D eigenvalue weighted by Gasteiger charge is 1.95. The van der Waals surface area contributed by atoms with Gasteiger partial charge in [-0.15, -0.1) is 0 Å². The van der Waals surface area contributed by atoms with Crippen LogP contribution in [0.2, 0.25) is 0 Å². The van der Waals surface area contributed by atoms with Crippen molar-refractivity contribution in [3.8, 4) is 0 Å². The number of unbranched alkanes of at least 4 members (excludes halogenated alkanes) is 30. The van der Waals surface area contributed by atoms with Crippen molar-refractivity contribution in [2.45, 2.75) is 219 Å². The normalized spacial score (nSPS) is 11.1. The standard InChI is InChI=1S/2C18H39N.H2O4S/c2*1-2-3-4-5-6-7-8-9-10-11-12-13-14-15-16-17-18-19;1-5(2,3)4/h2*2-19H2,1H3;(H2,1,2,3,4). The number of hydrogen-bond acceptors (Lipinski definition) is 4. The van der Waals surface area contributed by atoms with Crippen molar-refractivity contribution in [2.75, 3.05) is 13.1 Å². The molecule has 0 heterocycles. The topological polar surface area (TPSA) is 136 Å². The van der Waals surface area contributed by atoms with Crippen molar-refractivity contribution in [2.24, 2.45) is 0 Å². The van der Waals surface area contributed by atoms with E-state index in [2.05, 4.69) is 25.3 Å². The maximum atomic E-state index is 8.52. The van der Waals surface area contributed by atoms with E-state index >= 15 is 0 Å². The summed E-state index contributed by atoms with van der Waals surface area (Å²) in [4.78, 5) is 0. The van der Waals surface area contributed by atoms with Gasteiger partial charge in [-0.3, -0.25) is 8.42 Å². The van der Waals surface area contributed by atoms with Crippen molar-refractivity contribution in [1.82, 2.24) is 0 Å². The molecular weight excluding hydrogens is 556 g/mol. The molecule has 264 valence electrons. The smallest absolute Gasteiger partial charge is 0.0739 e. The predicted octanol–water partition coefficient (Wildman–Crippen LogP) is 9.64. The Morgan fingerprint density at radius 2 is 0.442 bits per heavy atom. The van der Waals surface area contributed by atoms with Crippen LogP contribution in [0.25, 0.3) is 0 Å². The summed E-state index contributed by atoms with van der Waals surface area (Å²) in [7, 11) is -5.17. The lowest BCUT2D eigenvalue weighted by Gasteiger charge is -2.06. The van der Waals surface area contributed by atoms with Gasteiger partial charge < -0.3 is 20.6 Å². The van der Waals surface area contributed by atoms with Crippen LogP contribution in [0.3, 0.4) is 0 Å². The van der Waals surface area contributed by atoms with E-state index in [1.807, 2.05) is 0 Å². The van der Waals surface area contributed by atoms with Gasteiger partial charge in [0.2, 0.25) is 0 Å². The molecule has 0 aliphatic heterocycles. The lowest BCUT2D eigenvalue weighted by molar-refractivity contribution is -0.368. The summed E-state index contributed by atoms with van der Waals surface area (Å²) in [6, 6.07) is 0. The average Bonchev–Trinajstić information content (AvgIpc) is 2.97. The number of quaternary nitrogens is 2. The van der Waals surface area contributed by atoms with Crippen LogP contribution in [-0.4, -0.2) is 30.6 Å². The molecule has 6 N–H and O–H groups in total. The summed E-state index contributed by atoms with van der Waals surface area (Å²) in [5.41, 5.74) is 7.78. The van der Waals surface area contributed by atoms with E-state index < -0.39 is 10.4 Å². The summed E-state index contributed by atoms with van der Waals surface area (Å²) in [5.74, 6) is 0. The molecule has 0 amide bonds. The van der Waals surface area contributed by atoms with E-state index in [4.69, 9.17) is 17.5 Å². The largest absolute Gasteiger partial charge is 0.759 e. The van der Waals surface area contributed by atoms with E-state index in [1.54, 1.807) is 0 Å². The fraction of sp³-hybridized carbons (Fsp3) is 1.00. The summed E-state index contributed by atoms with van der Waals surface area (Å²) in [5, 5.41) is 0. The van der Waals surface area contributed by atoms with Crippen LogP contribution in [0.1, 0.15) is 219 Å². The Balaban J connectivity index is -0.000000642. The molecule has 0 saturated heterocycles. The first-order valence-electron chi connectivity index (χ1n) is 19.1. The zero-order chi connectivity index (χ0) is 32.5. The van der Waals surface area contributed by atoms with Crippen LogP contribution in [-0.2, 0) is 10.4 Å². The number of hydrogen-bond donors (Lipinski definition) is 2. The zero-order valence-electron chi connectivity index (χ0n) is 29.5. The van der Waals surface area contributed by atoms with E-state index in [1.165, 1.54) is 205 Å². The molecule has 0 spiro atoms. The van der Waals surface area contributed by atoms with Gasteiger partial charge in [0.1, 0.15) is 0 Å². The second kappa shape index (κ2) is 43.9. The molecule has 0 aromatic heterocycles. The third-order valence-electron chi connectivity index (χ3n) is 8.21. The summed E-state index contributed by atoms with van der Waals surface area (Å²) in [6.45, 7) is 6.83. The third-order valence-corrected chi connectivity index (χ3v) is 8.21. The second-order valence-corrected chi connectivity index (χ2v) is 13.5. The quantitative estimate of drug-likeness (QED) is 0.0431. The van der Waals surface area contributed by atoms with E-state index in [9.17, 15) is 0 Å². The Morgan fingerprint density at radius 1 is 0.326 bits per heavy atom. The monoisotopic (exact) mass is 637 g/mol. The molecule has 0 rings (SSSR count). The lowest BCUT2D eigenvalue weighted by Crippen LogP contribution is -2.50. The fourth-order valence-electron chi connectivity index (χ4n) is 5.45. The summed E-state index contributed by atoms with van der Waals surface area (Å²) >= 11 is 0. The van der Waals surface area contributed by atoms with Crippen LogP contribution in [0.15, 0.2) is 0 Å². The molecule has 0 aliphatic rings. The third kappa shape index (κ3) is 65.5. The molecular formula is C36H80N2O4S. The first-order valence-corrected chi connectivity index (χ1v) is 20.4. The van der Waals surface area contributed by atoms with Gasteiger partial charge in [-0.1, -0.05) is 194 Å². The Labute approximate surface area is 271 Å². The lowest BCUT2D eigenvalue weighted by atomic mass is 10.0. The maximum absolute atomic E-state index is 8.52. The molecule has 0 aromatic rings. The molecule has 0 aliphatic carbocycles. The van der Waals surface area contributed by atoms with E-state index in [-0.39, 0.29) is 0 Å². The van der Waals surface area contributed by atoms with Gasteiger partial charge in [-0.05, 0) is 25.7 Å². The van der Waals surface area contributed by atoms with Crippen LogP contribution in [0.5, 0.6) is 0 Å². The molecule has 6 nitrogen and oxygen atoms in total. The first-order chi connectivity index (χ1) is 20.8. The van der Waals surface area contributed by atoms with E-state index in [0.717, 1.165) is 13.1 Å². The van der Waals surface area contributed by atoms with Crippen molar-refractivity contribution < 1.29 is 29.0 Å². The summed E-state index contributed by atoms with van der Waals surface area (Å²) < 4.78 is 34.1. The van der Waals surface area contributed by atoms with Gasteiger partial charge in [-0.25, -0.2) is 0 Å². The minimum Gasteiger partial charge on any atom is -0.759 e. The molecule has 0 fully saturated rings. The van der Waals surface area contributed by atoms with Crippen molar-refractivity contribution in [1.29, 1.82) is 0 Å². The van der Waals surface area contributed by atoms with Gasteiger partial charge in [0.25, 0.3) is 0 Å². The molecule has 0 radical (unpaired) electrons. The first kappa shape index (κ1) is 47.2. The highest BCUT2D eigenvalue weighted by molar-refractivity contribution is 7.79. The van der Waals surface area contributed by atoms with Gasteiger partial charge in [0, 0.05) is 10.4 Å². The van der Waals surface area contributed by atoms with Crippen LogP contribution >= 0.6 is 0 Å². The van der Waals surface area contributed by atoms with Crippen molar-refractivity contribution >= 4 is 10.4 Å². The molecule has 43 heavy (non-hydrogen) atoms. The predicted molar refractivity (Wildman–Crippen MR) is 185 cm³/mol. The van der Waals surface area contributed by atoms with Crippen molar-refractivity contribution in [3.63, 3.8) is 0 Å². The van der Waals surface area contributed by atoms with E-state index in [0.29, 0.717) is 0 Å².